The largest absolute Gasteiger partial charge is 0.415 e. The number of fused-ring (bicyclic) bond motifs is 1. The quantitative estimate of drug-likeness (QED) is 0.589. The van der Waals surface area contributed by atoms with Crippen LogP contribution in [0.1, 0.15) is 33.6 Å². The van der Waals surface area contributed by atoms with Crippen molar-refractivity contribution in [2.45, 2.75) is 57.8 Å². The maximum absolute atomic E-state index is 11.8. The zero-order valence-electron chi connectivity index (χ0n) is 14.1. The second-order valence-corrected chi connectivity index (χ2v) is 12.8. The van der Waals surface area contributed by atoms with E-state index < -0.39 is 8.32 Å². The summed E-state index contributed by atoms with van der Waals surface area (Å²) in [6.07, 6.45) is 6.58. The Labute approximate surface area is 131 Å². The highest BCUT2D eigenvalue weighted by atomic mass is 28.4. The maximum Gasteiger partial charge on any atom is 0.200 e. The van der Waals surface area contributed by atoms with Gasteiger partial charge in [-0.05, 0) is 42.8 Å². The van der Waals surface area contributed by atoms with Crippen LogP contribution in [-0.2, 0) is 4.43 Å². The van der Waals surface area contributed by atoms with Crippen molar-refractivity contribution in [1.82, 2.24) is 4.90 Å². The lowest BCUT2D eigenvalue weighted by Crippen LogP contribution is -2.47. The maximum atomic E-state index is 11.8. The molecule has 1 aliphatic heterocycles. The highest BCUT2D eigenvalue weighted by Crippen LogP contribution is 2.40. The molecule has 3 nitrogen and oxygen atoms in total. The lowest BCUT2D eigenvalue weighted by Gasteiger charge is -2.39. The van der Waals surface area contributed by atoms with Crippen molar-refractivity contribution in [3.8, 4) is 0 Å². The fourth-order valence-corrected chi connectivity index (χ4v) is 4.19. The topological polar surface area (TPSA) is 29.5 Å². The van der Waals surface area contributed by atoms with Gasteiger partial charge >= 0.3 is 0 Å². The van der Waals surface area contributed by atoms with Gasteiger partial charge in [-0.3, -0.25) is 4.79 Å². The van der Waals surface area contributed by atoms with Crippen molar-refractivity contribution in [2.24, 2.45) is 11.8 Å². The van der Waals surface area contributed by atoms with Crippen LogP contribution in [0.3, 0.4) is 0 Å². The van der Waals surface area contributed by atoms with E-state index in [-0.39, 0.29) is 16.9 Å². The van der Waals surface area contributed by atoms with Crippen LogP contribution in [0.2, 0.25) is 18.1 Å². The minimum absolute atomic E-state index is 0.145. The number of carbonyl (C=O) groups excluding carboxylic acids is 1. The summed E-state index contributed by atoms with van der Waals surface area (Å²) >= 11 is 0. The summed E-state index contributed by atoms with van der Waals surface area (Å²) in [7, 11) is 3.80. The fourth-order valence-electron chi connectivity index (χ4n) is 3.17. The van der Waals surface area contributed by atoms with Crippen LogP contribution in [0.15, 0.2) is 12.2 Å². The molecule has 1 heterocycles. The van der Waals surface area contributed by atoms with E-state index in [1.54, 1.807) is 0 Å². The first-order valence-electron chi connectivity index (χ1n) is 7.98. The smallest absolute Gasteiger partial charge is 0.200 e. The van der Waals surface area contributed by atoms with E-state index in [0.29, 0.717) is 18.4 Å². The van der Waals surface area contributed by atoms with Crippen molar-refractivity contribution in [3.63, 3.8) is 0 Å². The summed E-state index contributed by atoms with van der Waals surface area (Å²) in [5.74, 6) is 0.760. The molecule has 1 fully saturated rings. The van der Waals surface area contributed by atoms with Gasteiger partial charge in [0.15, 0.2) is 14.1 Å². The number of rotatable bonds is 3. The minimum atomic E-state index is -1.79. The number of hydrogen-bond acceptors (Lipinski definition) is 2. The van der Waals surface area contributed by atoms with E-state index in [1.165, 1.54) is 0 Å². The summed E-state index contributed by atoms with van der Waals surface area (Å²) in [5, 5.41) is 0.190. The molecule has 2 aliphatic rings. The van der Waals surface area contributed by atoms with Crippen molar-refractivity contribution < 1.29 is 9.22 Å². The van der Waals surface area contributed by atoms with Crippen molar-refractivity contribution >= 4 is 22.0 Å². The molecule has 21 heavy (non-hydrogen) atoms. The molecule has 0 N–H and O–H groups in total. The Kier molecular flexibility index (Phi) is 4.74. The molecule has 0 saturated carbocycles. The predicted molar refractivity (Wildman–Crippen MR) is 90.1 cm³/mol. The Morgan fingerprint density at radius 2 is 1.95 bits per heavy atom. The molecule has 0 bridgehead atoms. The van der Waals surface area contributed by atoms with E-state index in [4.69, 9.17) is 12.3 Å². The molecular formula is C16H28BNO2Si. The second kappa shape index (κ2) is 5.92. The number of hydrogen-bond donors (Lipinski definition) is 0. The first kappa shape index (κ1) is 16.8. The number of nitrogens with zero attached hydrogens (tertiary/aromatic N) is 1. The van der Waals surface area contributed by atoms with Crippen LogP contribution in [0.4, 0.5) is 4.79 Å². The average molecular weight is 305 g/mol. The summed E-state index contributed by atoms with van der Waals surface area (Å²) in [6.45, 7) is 12.7. The van der Waals surface area contributed by atoms with Crippen molar-refractivity contribution in [2.75, 3.05) is 13.2 Å². The molecule has 1 amide bonds. The van der Waals surface area contributed by atoms with E-state index in [1.807, 2.05) is 4.90 Å². The van der Waals surface area contributed by atoms with Gasteiger partial charge in [0.05, 0.1) is 12.6 Å². The van der Waals surface area contributed by atoms with Gasteiger partial charge in [0.2, 0.25) is 7.85 Å². The zero-order chi connectivity index (χ0) is 15.8. The molecule has 1 aliphatic carbocycles. The Bertz CT molecular complexity index is 430. The third-order valence-corrected chi connectivity index (χ3v) is 10.1. The van der Waals surface area contributed by atoms with Crippen molar-refractivity contribution in [1.29, 1.82) is 0 Å². The number of allylic oxidation sites excluding steroid dienone is 2. The number of likely N-dealkylation sites (tertiary alicyclic amines) is 1. The third kappa shape index (κ3) is 3.45. The van der Waals surface area contributed by atoms with Gasteiger partial charge in [-0.25, -0.2) is 0 Å². The summed E-state index contributed by atoms with van der Waals surface area (Å²) in [4.78, 5) is 13.6. The Morgan fingerprint density at radius 3 is 2.52 bits per heavy atom. The molecule has 116 valence electrons. The summed E-state index contributed by atoms with van der Waals surface area (Å²) in [6, 6.07) is 0.145. The fraction of sp³-hybridized carbons (Fsp3) is 0.812. The third-order valence-electron chi connectivity index (χ3n) is 5.65. The number of carbonyl (C=O) groups is 1. The molecule has 1 saturated heterocycles. The SMILES string of the molecule is [B]C(=O)N1CC2CC=CCC2[C@H]1CO[Si](C)(C)C(C)(C)C. The highest BCUT2D eigenvalue weighted by Gasteiger charge is 2.44. The van der Waals surface area contributed by atoms with E-state index in [9.17, 15) is 4.79 Å². The van der Waals surface area contributed by atoms with Gasteiger partial charge in [-0.2, -0.15) is 0 Å². The van der Waals surface area contributed by atoms with Crippen LogP contribution in [-0.4, -0.2) is 46.1 Å². The second-order valence-electron chi connectivity index (χ2n) is 8.00. The molecule has 3 atom stereocenters. The Hall–Kier alpha value is -0.548. The van der Waals surface area contributed by atoms with Crippen LogP contribution in [0.5, 0.6) is 0 Å². The van der Waals surface area contributed by atoms with Crippen LogP contribution in [0, 0.1) is 11.8 Å². The van der Waals surface area contributed by atoms with Crippen LogP contribution >= 0.6 is 0 Å². The number of amides is 1. The minimum Gasteiger partial charge on any atom is -0.415 e. The van der Waals surface area contributed by atoms with E-state index in [0.717, 1.165) is 19.4 Å². The van der Waals surface area contributed by atoms with Gasteiger partial charge < -0.3 is 9.33 Å². The monoisotopic (exact) mass is 305 g/mol. The summed E-state index contributed by atoms with van der Waals surface area (Å²) < 4.78 is 6.37. The molecular weight excluding hydrogens is 277 g/mol. The lowest BCUT2D eigenvalue weighted by atomic mass is 9.82. The van der Waals surface area contributed by atoms with Gasteiger partial charge in [0.1, 0.15) is 0 Å². The zero-order valence-corrected chi connectivity index (χ0v) is 15.1. The van der Waals surface area contributed by atoms with Crippen molar-refractivity contribution in [3.05, 3.63) is 12.2 Å². The molecule has 0 spiro atoms. The molecule has 5 heteroatoms. The first-order chi connectivity index (χ1) is 9.63. The Balaban J connectivity index is 2.08. The summed E-state index contributed by atoms with van der Waals surface area (Å²) in [5.41, 5.74) is 0. The van der Waals surface area contributed by atoms with Gasteiger partial charge in [-0.15, -0.1) is 0 Å². The predicted octanol–water partition coefficient (Wildman–Crippen LogP) is 3.56. The molecule has 2 radical (unpaired) electrons. The first-order valence-corrected chi connectivity index (χ1v) is 10.9. The van der Waals surface area contributed by atoms with E-state index in [2.05, 4.69) is 46.0 Å². The molecule has 0 aromatic carbocycles. The normalized spacial score (nSPS) is 29.6. The van der Waals surface area contributed by atoms with Gasteiger partial charge in [0.25, 0.3) is 0 Å². The average Bonchev–Trinajstić information content (AvgIpc) is 2.74. The Morgan fingerprint density at radius 1 is 1.33 bits per heavy atom. The van der Waals surface area contributed by atoms with Crippen LogP contribution < -0.4 is 0 Å². The van der Waals surface area contributed by atoms with Crippen LogP contribution in [0.25, 0.3) is 0 Å². The molecule has 2 rings (SSSR count). The molecule has 2 unspecified atom stereocenters. The highest BCUT2D eigenvalue weighted by molar-refractivity contribution is 6.74. The van der Waals surface area contributed by atoms with Gasteiger partial charge in [0, 0.05) is 6.54 Å². The lowest BCUT2D eigenvalue weighted by molar-refractivity contribution is 0.155. The van der Waals surface area contributed by atoms with E-state index >= 15 is 0 Å². The van der Waals surface area contributed by atoms with Gasteiger partial charge in [-0.1, -0.05) is 32.9 Å². The molecule has 0 aromatic rings. The molecule has 0 aromatic heterocycles. The standard InChI is InChI=1S/C16H28BNO2Si/c1-16(2,3)21(4,5)20-11-14-13-9-7-6-8-12(13)10-18(14)15(17)19/h6-7,12-14H,8-11H2,1-5H3/t12?,13?,14-/m1/s1.